The minimum atomic E-state index is -0.925. The number of carbonyl (C=O) groups is 1. The highest BCUT2D eigenvalue weighted by Gasteiger charge is 2.09. The van der Waals surface area contributed by atoms with Crippen molar-refractivity contribution in [3.05, 3.63) is 53.9 Å². The summed E-state index contributed by atoms with van der Waals surface area (Å²) in [6.07, 6.45) is 1.18. The molecular weight excluding hydrogens is 231 g/mol. The fourth-order valence-electron chi connectivity index (χ4n) is 1.70. The van der Waals surface area contributed by atoms with Crippen molar-refractivity contribution in [2.24, 2.45) is 0 Å². The molecule has 2 nitrogen and oxygen atoms in total. The molecule has 0 heterocycles. The summed E-state index contributed by atoms with van der Waals surface area (Å²) in [7, 11) is 0. The van der Waals surface area contributed by atoms with Crippen molar-refractivity contribution in [3.63, 3.8) is 0 Å². The summed E-state index contributed by atoms with van der Waals surface area (Å²) in [4.78, 5) is 11.1. The monoisotopic (exact) mass is 244 g/mol. The number of hydrogen-bond donors (Lipinski definition) is 0. The van der Waals surface area contributed by atoms with Crippen molar-refractivity contribution in [2.75, 3.05) is 6.61 Å². The molecular formula is C15H13FO2. The van der Waals surface area contributed by atoms with E-state index in [-0.39, 0.29) is 6.61 Å². The molecule has 0 N–H and O–H groups in total. The van der Waals surface area contributed by atoms with Gasteiger partial charge in [-0.2, -0.15) is 4.39 Å². The van der Waals surface area contributed by atoms with Crippen LogP contribution in [0.3, 0.4) is 0 Å². The smallest absolute Gasteiger partial charge is 0.367 e. The number of rotatable bonds is 3. The Labute approximate surface area is 105 Å². The maximum Gasteiger partial charge on any atom is 0.367 e. The van der Waals surface area contributed by atoms with Crippen LogP contribution in [-0.2, 0) is 9.53 Å². The van der Waals surface area contributed by atoms with Crippen LogP contribution in [0.25, 0.3) is 16.8 Å². The third-order valence-corrected chi connectivity index (χ3v) is 2.54. The molecule has 0 saturated carbocycles. The maximum absolute atomic E-state index is 13.5. The SMILES string of the molecule is CCOC(=O)/C(F)=C/c1ccc2ccccc2c1. The van der Waals surface area contributed by atoms with Gasteiger partial charge in [-0.25, -0.2) is 4.79 Å². The number of halogens is 1. The summed E-state index contributed by atoms with van der Waals surface area (Å²) in [5, 5.41) is 2.08. The highest BCUT2D eigenvalue weighted by molar-refractivity contribution is 5.92. The Hall–Kier alpha value is -2.16. The zero-order valence-corrected chi connectivity index (χ0v) is 10.0. The van der Waals surface area contributed by atoms with E-state index in [1.165, 1.54) is 6.08 Å². The Kier molecular flexibility index (Phi) is 3.72. The molecule has 0 aliphatic heterocycles. The quantitative estimate of drug-likeness (QED) is 0.607. The number of esters is 1. The molecule has 0 bridgehead atoms. The van der Waals surface area contributed by atoms with Crippen LogP contribution in [0.15, 0.2) is 48.3 Å². The van der Waals surface area contributed by atoms with Gasteiger partial charge in [0.25, 0.3) is 0 Å². The van der Waals surface area contributed by atoms with E-state index < -0.39 is 11.8 Å². The van der Waals surface area contributed by atoms with E-state index >= 15 is 0 Å². The Bertz CT molecular complexity index is 602. The molecule has 2 rings (SSSR count). The van der Waals surface area contributed by atoms with Gasteiger partial charge in [-0.3, -0.25) is 0 Å². The van der Waals surface area contributed by atoms with Crippen molar-refractivity contribution in [1.82, 2.24) is 0 Å². The first-order valence-electron chi connectivity index (χ1n) is 5.74. The molecule has 0 spiro atoms. The van der Waals surface area contributed by atoms with Crippen LogP contribution in [0, 0.1) is 0 Å². The van der Waals surface area contributed by atoms with Gasteiger partial charge in [0, 0.05) is 0 Å². The molecule has 0 amide bonds. The van der Waals surface area contributed by atoms with Gasteiger partial charge in [0.1, 0.15) is 0 Å². The Morgan fingerprint density at radius 3 is 2.67 bits per heavy atom. The average molecular weight is 244 g/mol. The predicted molar refractivity (Wildman–Crippen MR) is 69.7 cm³/mol. The van der Waals surface area contributed by atoms with E-state index in [4.69, 9.17) is 0 Å². The van der Waals surface area contributed by atoms with Crippen molar-refractivity contribution in [1.29, 1.82) is 0 Å². The summed E-state index contributed by atoms with van der Waals surface area (Å²) >= 11 is 0. The predicted octanol–water partition coefficient (Wildman–Crippen LogP) is 3.71. The van der Waals surface area contributed by atoms with Gasteiger partial charge >= 0.3 is 5.97 Å². The molecule has 0 aromatic heterocycles. The van der Waals surface area contributed by atoms with Gasteiger partial charge in [-0.05, 0) is 35.4 Å². The first-order valence-corrected chi connectivity index (χ1v) is 5.74. The highest BCUT2D eigenvalue weighted by Crippen LogP contribution is 2.18. The minimum absolute atomic E-state index is 0.164. The molecule has 0 aliphatic rings. The highest BCUT2D eigenvalue weighted by atomic mass is 19.1. The number of benzene rings is 2. The molecule has 0 fully saturated rings. The number of fused-ring (bicyclic) bond motifs is 1. The van der Waals surface area contributed by atoms with E-state index in [9.17, 15) is 9.18 Å². The Balaban J connectivity index is 2.31. The second-order valence-corrected chi connectivity index (χ2v) is 3.82. The lowest BCUT2D eigenvalue weighted by Crippen LogP contribution is -2.03. The van der Waals surface area contributed by atoms with E-state index in [0.29, 0.717) is 5.56 Å². The molecule has 2 aromatic rings. The van der Waals surface area contributed by atoms with Gasteiger partial charge in [0.2, 0.25) is 5.83 Å². The largest absolute Gasteiger partial charge is 0.461 e. The molecule has 0 radical (unpaired) electrons. The fraction of sp³-hybridized carbons (Fsp3) is 0.133. The first kappa shape index (κ1) is 12.3. The van der Waals surface area contributed by atoms with Crippen LogP contribution >= 0.6 is 0 Å². The van der Waals surface area contributed by atoms with Gasteiger partial charge in [0.15, 0.2) is 0 Å². The zero-order valence-electron chi connectivity index (χ0n) is 10.0. The van der Waals surface area contributed by atoms with E-state index in [0.717, 1.165) is 10.8 Å². The summed E-state index contributed by atoms with van der Waals surface area (Å²) in [5.41, 5.74) is 0.638. The lowest BCUT2D eigenvalue weighted by atomic mass is 10.1. The van der Waals surface area contributed by atoms with Crippen molar-refractivity contribution in [3.8, 4) is 0 Å². The molecule has 2 aromatic carbocycles. The molecule has 3 heteroatoms. The maximum atomic E-state index is 13.5. The van der Waals surface area contributed by atoms with E-state index in [1.54, 1.807) is 13.0 Å². The summed E-state index contributed by atoms with van der Waals surface area (Å²) < 4.78 is 18.0. The topological polar surface area (TPSA) is 26.3 Å². The van der Waals surface area contributed by atoms with Gasteiger partial charge < -0.3 is 4.74 Å². The van der Waals surface area contributed by atoms with Crippen LogP contribution in [0.1, 0.15) is 12.5 Å². The van der Waals surface area contributed by atoms with Crippen LogP contribution < -0.4 is 0 Å². The minimum Gasteiger partial charge on any atom is -0.461 e. The van der Waals surface area contributed by atoms with Crippen LogP contribution in [0.4, 0.5) is 4.39 Å². The van der Waals surface area contributed by atoms with Crippen LogP contribution in [0.5, 0.6) is 0 Å². The van der Waals surface area contributed by atoms with Gasteiger partial charge in [-0.1, -0.05) is 36.4 Å². The summed E-state index contributed by atoms with van der Waals surface area (Å²) in [5.74, 6) is -1.81. The molecule has 18 heavy (non-hydrogen) atoms. The first-order chi connectivity index (χ1) is 8.70. The number of carbonyl (C=O) groups excluding carboxylic acids is 1. The lowest BCUT2D eigenvalue weighted by Gasteiger charge is -2.01. The van der Waals surface area contributed by atoms with E-state index in [1.807, 2.05) is 36.4 Å². The van der Waals surface area contributed by atoms with Crippen molar-refractivity contribution >= 4 is 22.8 Å². The molecule has 0 saturated heterocycles. The van der Waals surface area contributed by atoms with Crippen LogP contribution in [0.2, 0.25) is 0 Å². The van der Waals surface area contributed by atoms with Gasteiger partial charge in [0.05, 0.1) is 6.61 Å². The standard InChI is InChI=1S/C15H13FO2/c1-2-18-15(17)14(16)10-11-7-8-12-5-3-4-6-13(12)9-11/h3-10H,2H2,1H3/b14-10-. The lowest BCUT2D eigenvalue weighted by molar-refractivity contribution is -0.140. The molecule has 0 unspecified atom stereocenters. The molecule has 0 atom stereocenters. The van der Waals surface area contributed by atoms with Crippen molar-refractivity contribution in [2.45, 2.75) is 6.92 Å². The normalized spacial score (nSPS) is 11.6. The van der Waals surface area contributed by atoms with Crippen molar-refractivity contribution < 1.29 is 13.9 Å². The summed E-state index contributed by atoms with van der Waals surface area (Å²) in [6, 6.07) is 13.3. The molecule has 92 valence electrons. The third kappa shape index (κ3) is 2.74. The summed E-state index contributed by atoms with van der Waals surface area (Å²) in [6.45, 7) is 1.80. The Morgan fingerprint density at radius 2 is 1.94 bits per heavy atom. The second-order valence-electron chi connectivity index (χ2n) is 3.82. The average Bonchev–Trinajstić information content (AvgIpc) is 2.39. The number of hydrogen-bond acceptors (Lipinski definition) is 2. The van der Waals surface area contributed by atoms with Gasteiger partial charge in [-0.15, -0.1) is 0 Å². The number of ether oxygens (including phenoxy) is 1. The Morgan fingerprint density at radius 1 is 1.22 bits per heavy atom. The fourth-order valence-corrected chi connectivity index (χ4v) is 1.70. The van der Waals surface area contributed by atoms with Crippen LogP contribution in [-0.4, -0.2) is 12.6 Å². The molecule has 0 aliphatic carbocycles. The zero-order chi connectivity index (χ0) is 13.0. The third-order valence-electron chi connectivity index (χ3n) is 2.54. The second kappa shape index (κ2) is 5.45. The van der Waals surface area contributed by atoms with E-state index in [2.05, 4.69) is 4.74 Å².